The van der Waals surface area contributed by atoms with Crippen LogP contribution in [0.5, 0.6) is 0 Å². The molecule has 148 valence electrons. The first-order chi connectivity index (χ1) is 13.5. The Bertz CT molecular complexity index is 832. The number of halogens is 2. The second-order valence-corrected chi connectivity index (χ2v) is 6.35. The van der Waals surface area contributed by atoms with Gasteiger partial charge in [0.1, 0.15) is 11.6 Å². The highest BCUT2D eigenvalue weighted by molar-refractivity contribution is 5.97. The smallest absolute Gasteiger partial charge is 0.324 e. The largest absolute Gasteiger partial charge is 0.378 e. The zero-order valence-corrected chi connectivity index (χ0v) is 15.2. The Balaban J connectivity index is 1.94. The standard InChI is InChI=1S/C20H21F2N3O3/c21-17-10-14(19(26)12-23)11-18(22)16(17)13-25(15-4-2-1-3-5-15)20(27)24-6-8-28-9-7-24/h1-5,10-11H,6-9,12-13,23H2. The number of hydrogen-bond donors (Lipinski definition) is 1. The van der Waals surface area contributed by atoms with E-state index in [1.807, 2.05) is 0 Å². The fraction of sp³-hybridized carbons (Fsp3) is 0.300. The number of hydrogen-bond acceptors (Lipinski definition) is 4. The van der Waals surface area contributed by atoms with Gasteiger partial charge in [-0.05, 0) is 24.3 Å². The molecule has 2 aromatic carbocycles. The number of anilines is 1. The molecule has 0 bridgehead atoms. The number of benzene rings is 2. The first-order valence-corrected chi connectivity index (χ1v) is 8.91. The third-order valence-corrected chi connectivity index (χ3v) is 4.55. The van der Waals surface area contributed by atoms with Crippen LogP contribution in [-0.4, -0.2) is 49.6 Å². The minimum absolute atomic E-state index is 0.132. The fourth-order valence-corrected chi connectivity index (χ4v) is 2.99. The minimum atomic E-state index is -0.896. The van der Waals surface area contributed by atoms with Crippen molar-refractivity contribution in [2.45, 2.75) is 6.54 Å². The monoisotopic (exact) mass is 389 g/mol. The number of carbonyl (C=O) groups is 2. The van der Waals surface area contributed by atoms with E-state index >= 15 is 0 Å². The molecule has 1 aliphatic rings. The predicted molar refractivity (Wildman–Crippen MR) is 100 cm³/mol. The maximum atomic E-state index is 14.6. The minimum Gasteiger partial charge on any atom is -0.378 e. The van der Waals surface area contributed by atoms with E-state index in [4.69, 9.17) is 10.5 Å². The lowest BCUT2D eigenvalue weighted by Crippen LogP contribution is -2.48. The molecule has 0 saturated carbocycles. The SMILES string of the molecule is NCC(=O)c1cc(F)c(CN(C(=O)N2CCOCC2)c2ccccc2)c(F)c1. The first kappa shape index (κ1) is 19.9. The van der Waals surface area contributed by atoms with Crippen molar-refractivity contribution in [3.05, 3.63) is 65.2 Å². The van der Waals surface area contributed by atoms with Gasteiger partial charge < -0.3 is 15.4 Å². The van der Waals surface area contributed by atoms with E-state index in [1.54, 1.807) is 35.2 Å². The van der Waals surface area contributed by atoms with Gasteiger partial charge in [0.15, 0.2) is 5.78 Å². The van der Waals surface area contributed by atoms with Gasteiger partial charge in [-0.2, -0.15) is 0 Å². The third kappa shape index (κ3) is 4.35. The molecular weight excluding hydrogens is 368 g/mol. The van der Waals surface area contributed by atoms with Crippen LogP contribution < -0.4 is 10.6 Å². The fourth-order valence-electron chi connectivity index (χ4n) is 2.99. The molecule has 0 radical (unpaired) electrons. The quantitative estimate of drug-likeness (QED) is 0.798. The van der Waals surface area contributed by atoms with Gasteiger partial charge >= 0.3 is 6.03 Å². The molecule has 0 unspecified atom stereocenters. The number of nitrogens with zero attached hydrogens (tertiary/aromatic N) is 2. The number of morpholine rings is 1. The molecule has 0 aromatic heterocycles. The number of amides is 2. The summed E-state index contributed by atoms with van der Waals surface area (Å²) in [7, 11) is 0. The number of ether oxygens (including phenoxy) is 1. The van der Waals surface area contributed by atoms with Crippen LogP contribution in [0.4, 0.5) is 19.3 Å². The van der Waals surface area contributed by atoms with Crippen LogP contribution in [-0.2, 0) is 11.3 Å². The summed E-state index contributed by atoms with van der Waals surface area (Å²) < 4.78 is 34.4. The van der Waals surface area contributed by atoms with Crippen LogP contribution >= 0.6 is 0 Å². The molecule has 1 saturated heterocycles. The van der Waals surface area contributed by atoms with Crippen molar-refractivity contribution < 1.29 is 23.1 Å². The number of urea groups is 1. The van der Waals surface area contributed by atoms with Gasteiger partial charge in [0, 0.05) is 29.9 Å². The van der Waals surface area contributed by atoms with Crippen molar-refractivity contribution >= 4 is 17.5 Å². The van der Waals surface area contributed by atoms with Crippen molar-refractivity contribution in [1.29, 1.82) is 0 Å². The number of rotatable bonds is 5. The highest BCUT2D eigenvalue weighted by Crippen LogP contribution is 2.23. The molecule has 8 heteroatoms. The van der Waals surface area contributed by atoms with Crippen molar-refractivity contribution in [2.75, 3.05) is 37.7 Å². The van der Waals surface area contributed by atoms with Gasteiger partial charge in [-0.15, -0.1) is 0 Å². The zero-order chi connectivity index (χ0) is 20.1. The summed E-state index contributed by atoms with van der Waals surface area (Å²) >= 11 is 0. The predicted octanol–water partition coefficient (Wildman–Crippen LogP) is 2.57. The summed E-state index contributed by atoms with van der Waals surface area (Å²) in [5.41, 5.74) is 5.35. The second-order valence-electron chi connectivity index (χ2n) is 6.35. The molecule has 0 spiro atoms. The van der Waals surface area contributed by atoms with E-state index in [2.05, 4.69) is 0 Å². The molecule has 6 nitrogen and oxygen atoms in total. The number of para-hydroxylation sites is 1. The van der Waals surface area contributed by atoms with Crippen LogP contribution in [0.15, 0.2) is 42.5 Å². The van der Waals surface area contributed by atoms with E-state index in [9.17, 15) is 18.4 Å². The molecule has 2 aromatic rings. The van der Waals surface area contributed by atoms with Crippen LogP contribution in [0.1, 0.15) is 15.9 Å². The first-order valence-electron chi connectivity index (χ1n) is 8.91. The highest BCUT2D eigenvalue weighted by atomic mass is 19.1. The van der Waals surface area contributed by atoms with E-state index in [-0.39, 0.29) is 30.2 Å². The Morgan fingerprint density at radius 3 is 2.25 bits per heavy atom. The maximum Gasteiger partial charge on any atom is 0.324 e. The average molecular weight is 389 g/mol. The lowest BCUT2D eigenvalue weighted by atomic mass is 10.1. The van der Waals surface area contributed by atoms with E-state index in [0.29, 0.717) is 32.0 Å². The van der Waals surface area contributed by atoms with Crippen LogP contribution in [0.25, 0.3) is 0 Å². The van der Waals surface area contributed by atoms with Gasteiger partial charge in [0.25, 0.3) is 0 Å². The van der Waals surface area contributed by atoms with Crippen molar-refractivity contribution in [1.82, 2.24) is 4.90 Å². The maximum absolute atomic E-state index is 14.6. The summed E-state index contributed by atoms with van der Waals surface area (Å²) in [5.74, 6) is -2.35. The molecule has 0 aliphatic carbocycles. The third-order valence-electron chi connectivity index (χ3n) is 4.55. The molecule has 1 aliphatic heterocycles. The highest BCUT2D eigenvalue weighted by Gasteiger charge is 2.26. The molecule has 2 N–H and O–H groups in total. The molecule has 1 fully saturated rings. The molecule has 28 heavy (non-hydrogen) atoms. The van der Waals surface area contributed by atoms with Gasteiger partial charge in [-0.25, -0.2) is 13.6 Å². The summed E-state index contributed by atoms with van der Waals surface area (Å²) in [6.07, 6.45) is 0. The van der Waals surface area contributed by atoms with Crippen LogP contribution in [0.3, 0.4) is 0 Å². The summed E-state index contributed by atoms with van der Waals surface area (Å²) in [6.45, 7) is 0.965. The number of ketones is 1. The Labute approximate surface area is 161 Å². The Morgan fingerprint density at radius 1 is 1.07 bits per heavy atom. The van der Waals surface area contributed by atoms with Crippen LogP contribution in [0.2, 0.25) is 0 Å². The van der Waals surface area contributed by atoms with Gasteiger partial charge in [0.05, 0.1) is 26.3 Å². The number of Topliss-reactive ketones (excluding diaryl/α,β-unsaturated/α-hetero) is 1. The molecule has 0 atom stereocenters. The summed E-state index contributed by atoms with van der Waals surface area (Å²) in [5, 5.41) is 0. The lowest BCUT2D eigenvalue weighted by molar-refractivity contribution is 0.0547. The van der Waals surface area contributed by atoms with Gasteiger partial charge in [-0.3, -0.25) is 9.69 Å². The van der Waals surface area contributed by atoms with E-state index in [1.165, 1.54) is 4.90 Å². The number of nitrogens with two attached hydrogens (primary N) is 1. The van der Waals surface area contributed by atoms with Gasteiger partial charge in [0.2, 0.25) is 0 Å². The Hall–Kier alpha value is -2.84. The molecule has 1 heterocycles. The van der Waals surface area contributed by atoms with Crippen LogP contribution in [0, 0.1) is 11.6 Å². The Kier molecular flexibility index (Phi) is 6.33. The molecule has 3 rings (SSSR count). The zero-order valence-electron chi connectivity index (χ0n) is 15.2. The molecular formula is C20H21F2N3O3. The van der Waals surface area contributed by atoms with Crippen molar-refractivity contribution in [2.24, 2.45) is 5.73 Å². The lowest BCUT2D eigenvalue weighted by Gasteiger charge is -2.33. The molecule has 2 amide bonds. The average Bonchev–Trinajstić information content (AvgIpc) is 2.73. The van der Waals surface area contributed by atoms with E-state index in [0.717, 1.165) is 12.1 Å². The second kappa shape index (κ2) is 8.90. The number of carbonyl (C=O) groups excluding carboxylic acids is 2. The van der Waals surface area contributed by atoms with Crippen molar-refractivity contribution in [3.63, 3.8) is 0 Å². The van der Waals surface area contributed by atoms with E-state index < -0.39 is 17.4 Å². The summed E-state index contributed by atoms with van der Waals surface area (Å²) in [6, 6.07) is 10.2. The van der Waals surface area contributed by atoms with Gasteiger partial charge in [-0.1, -0.05) is 18.2 Å². The normalized spacial score (nSPS) is 14.0. The topological polar surface area (TPSA) is 75.9 Å². The summed E-state index contributed by atoms with van der Waals surface area (Å²) in [4.78, 5) is 27.6. The van der Waals surface area contributed by atoms with Crippen molar-refractivity contribution in [3.8, 4) is 0 Å². The Morgan fingerprint density at radius 2 is 1.68 bits per heavy atom.